The van der Waals surface area contributed by atoms with Gasteiger partial charge in [-0.3, -0.25) is 18.9 Å². The van der Waals surface area contributed by atoms with Crippen LogP contribution in [0.15, 0.2) is 47.2 Å². The molecule has 0 radical (unpaired) electrons. The average Bonchev–Trinajstić information content (AvgIpc) is 3.20. The van der Waals surface area contributed by atoms with E-state index in [-0.39, 0.29) is 22.9 Å². The Morgan fingerprint density at radius 1 is 1.15 bits per heavy atom. The summed E-state index contributed by atoms with van der Waals surface area (Å²) in [7, 11) is 0. The fourth-order valence-electron chi connectivity index (χ4n) is 4.39. The molecule has 0 spiro atoms. The number of amides is 2. The van der Waals surface area contributed by atoms with E-state index in [0.29, 0.717) is 24.3 Å². The van der Waals surface area contributed by atoms with Gasteiger partial charge in [-0.25, -0.2) is 9.37 Å². The Balaban J connectivity index is 1.41. The number of rotatable bonds is 6. The quantitative estimate of drug-likeness (QED) is 0.507. The second kappa shape index (κ2) is 10.0. The molecule has 3 aromatic rings. The molecule has 9 heteroatoms. The van der Waals surface area contributed by atoms with Crippen molar-refractivity contribution in [1.29, 1.82) is 0 Å². The van der Waals surface area contributed by atoms with Crippen LogP contribution in [0.5, 0.6) is 0 Å². The van der Waals surface area contributed by atoms with E-state index >= 15 is 0 Å². The first kappa shape index (κ1) is 23.4. The third kappa shape index (κ3) is 5.25. The van der Waals surface area contributed by atoms with E-state index in [9.17, 15) is 14.0 Å². The van der Waals surface area contributed by atoms with Crippen LogP contribution in [0.3, 0.4) is 0 Å². The molecule has 1 aromatic carbocycles. The maximum absolute atomic E-state index is 14.4. The Hall–Kier alpha value is -2.78. The first-order valence-electron chi connectivity index (χ1n) is 11.1. The zero-order valence-corrected chi connectivity index (χ0v) is 20.2. The summed E-state index contributed by atoms with van der Waals surface area (Å²) in [6.07, 6.45) is 6.70. The second-order valence-electron chi connectivity index (χ2n) is 8.49. The molecular weight excluding hydrogens is 489 g/mol. The number of benzene rings is 1. The monoisotopic (exact) mass is 515 g/mol. The van der Waals surface area contributed by atoms with Crippen LogP contribution in [0.25, 0.3) is 5.65 Å². The maximum Gasteiger partial charge on any atom is 0.274 e. The highest BCUT2D eigenvalue weighted by atomic mass is 79.9. The van der Waals surface area contributed by atoms with Gasteiger partial charge < -0.3 is 10.6 Å². The summed E-state index contributed by atoms with van der Waals surface area (Å²) >= 11 is 3.37. The normalized spacial score (nSPS) is 18.9. The lowest BCUT2D eigenvalue weighted by molar-refractivity contribution is 0.0888. The van der Waals surface area contributed by atoms with Gasteiger partial charge in [0.15, 0.2) is 0 Å². The lowest BCUT2D eigenvalue weighted by Crippen LogP contribution is -2.47. The molecule has 3 heterocycles. The maximum atomic E-state index is 14.4. The first-order chi connectivity index (χ1) is 15.8. The van der Waals surface area contributed by atoms with Gasteiger partial charge >= 0.3 is 0 Å². The molecule has 1 aliphatic rings. The van der Waals surface area contributed by atoms with Crippen molar-refractivity contribution in [3.05, 3.63) is 64.3 Å². The number of carbonyl (C=O) groups excluding carboxylic acids is 2. The molecule has 2 aromatic heterocycles. The molecule has 2 N–H and O–H groups in total. The van der Waals surface area contributed by atoms with Crippen LogP contribution in [0, 0.1) is 5.82 Å². The summed E-state index contributed by atoms with van der Waals surface area (Å²) in [4.78, 5) is 32.0. The van der Waals surface area contributed by atoms with Crippen molar-refractivity contribution in [2.45, 2.75) is 45.2 Å². The van der Waals surface area contributed by atoms with Crippen LogP contribution < -0.4 is 10.6 Å². The first-order valence-corrected chi connectivity index (χ1v) is 11.9. The zero-order valence-electron chi connectivity index (χ0n) is 18.6. The average molecular weight is 516 g/mol. The predicted molar refractivity (Wildman–Crippen MR) is 129 cm³/mol. The number of halogens is 2. The van der Waals surface area contributed by atoms with E-state index in [1.165, 1.54) is 43.7 Å². The Kier molecular flexibility index (Phi) is 7.09. The molecule has 1 aliphatic heterocycles. The molecule has 174 valence electrons. The van der Waals surface area contributed by atoms with Gasteiger partial charge in [-0.05, 0) is 57.0 Å². The van der Waals surface area contributed by atoms with Gasteiger partial charge in [0.1, 0.15) is 17.2 Å². The number of pyridine rings is 1. The van der Waals surface area contributed by atoms with Crippen molar-refractivity contribution in [3.8, 4) is 0 Å². The summed E-state index contributed by atoms with van der Waals surface area (Å²) in [5.41, 5.74) is 1.07. The number of likely N-dealkylation sites (tertiary alicyclic amines) is 1. The van der Waals surface area contributed by atoms with E-state index in [2.05, 4.69) is 50.3 Å². The van der Waals surface area contributed by atoms with Crippen molar-refractivity contribution < 1.29 is 14.0 Å². The molecule has 4 rings (SSSR count). The van der Waals surface area contributed by atoms with Crippen molar-refractivity contribution in [1.82, 2.24) is 19.6 Å². The number of anilines is 1. The molecule has 7 nitrogen and oxygen atoms in total. The van der Waals surface area contributed by atoms with Crippen molar-refractivity contribution >= 4 is 39.1 Å². The summed E-state index contributed by atoms with van der Waals surface area (Å²) in [6.45, 7) is 5.71. The van der Waals surface area contributed by atoms with E-state index in [0.717, 1.165) is 11.0 Å². The molecule has 1 saturated heterocycles. The minimum Gasteiger partial charge on any atom is -0.351 e. The van der Waals surface area contributed by atoms with Gasteiger partial charge in [-0.2, -0.15) is 0 Å². The molecule has 2 atom stereocenters. The smallest absolute Gasteiger partial charge is 0.274 e. The number of aromatic nitrogens is 2. The number of fused-ring (bicyclic) bond motifs is 1. The highest BCUT2D eigenvalue weighted by Gasteiger charge is 2.24. The van der Waals surface area contributed by atoms with Crippen LogP contribution in [0.4, 0.5) is 10.1 Å². The van der Waals surface area contributed by atoms with Crippen molar-refractivity contribution in [2.24, 2.45) is 0 Å². The number of hydrogen-bond acceptors (Lipinski definition) is 4. The van der Waals surface area contributed by atoms with Crippen molar-refractivity contribution in [2.75, 3.05) is 18.4 Å². The van der Waals surface area contributed by atoms with Crippen LogP contribution in [-0.2, 0) is 0 Å². The minimum atomic E-state index is -0.618. The number of imidazole rings is 1. The number of hydrogen-bond donors (Lipinski definition) is 2. The van der Waals surface area contributed by atoms with Crippen LogP contribution in [0.2, 0.25) is 0 Å². The highest BCUT2D eigenvalue weighted by molar-refractivity contribution is 9.10. The fourth-order valence-corrected chi connectivity index (χ4v) is 4.71. The molecule has 0 aliphatic carbocycles. The van der Waals surface area contributed by atoms with Gasteiger partial charge in [0.25, 0.3) is 11.8 Å². The van der Waals surface area contributed by atoms with Gasteiger partial charge in [0.2, 0.25) is 0 Å². The van der Waals surface area contributed by atoms with E-state index < -0.39 is 11.7 Å². The third-order valence-corrected chi connectivity index (χ3v) is 6.71. The molecule has 0 bridgehead atoms. The van der Waals surface area contributed by atoms with Gasteiger partial charge in [-0.1, -0.05) is 22.4 Å². The van der Waals surface area contributed by atoms with E-state index in [1.807, 2.05) is 0 Å². The third-order valence-electron chi connectivity index (χ3n) is 6.22. The standard InChI is InChI=1S/C24H27BrFN5O2/c1-15-4-3-5-16(2)30(15)11-9-27-23(32)17-6-7-19(26)20(12-17)29-24(33)21-14-28-22-13-18(25)8-10-31(21)22/h6-8,10,12-16H,3-5,9,11H2,1-2H3,(H,27,32)(H,29,33). The number of carbonyl (C=O) groups is 2. The summed E-state index contributed by atoms with van der Waals surface area (Å²) in [5, 5.41) is 5.47. The Labute approximate surface area is 200 Å². The van der Waals surface area contributed by atoms with Gasteiger partial charge in [0, 0.05) is 41.4 Å². The van der Waals surface area contributed by atoms with Crippen molar-refractivity contribution in [3.63, 3.8) is 0 Å². The Bertz CT molecular complexity index is 1170. The largest absolute Gasteiger partial charge is 0.351 e. The van der Waals surface area contributed by atoms with Gasteiger partial charge in [-0.15, -0.1) is 0 Å². The Morgan fingerprint density at radius 2 is 1.91 bits per heavy atom. The zero-order chi connectivity index (χ0) is 23.5. The molecule has 2 amide bonds. The highest BCUT2D eigenvalue weighted by Crippen LogP contribution is 2.22. The molecular formula is C24H27BrFN5O2. The SMILES string of the molecule is CC1CCCC(C)N1CCNC(=O)c1ccc(F)c(NC(=O)c2cnc3cc(Br)ccn23)c1. The molecule has 0 saturated carbocycles. The summed E-state index contributed by atoms with van der Waals surface area (Å²) < 4.78 is 16.8. The molecule has 33 heavy (non-hydrogen) atoms. The Morgan fingerprint density at radius 3 is 2.67 bits per heavy atom. The van der Waals surface area contributed by atoms with Crippen LogP contribution in [-0.4, -0.2) is 51.3 Å². The van der Waals surface area contributed by atoms with Gasteiger partial charge in [0.05, 0.1) is 11.9 Å². The number of nitrogens with zero attached hydrogens (tertiary/aromatic N) is 3. The predicted octanol–water partition coefficient (Wildman–Crippen LogP) is 4.48. The summed E-state index contributed by atoms with van der Waals surface area (Å²) in [6, 6.07) is 8.51. The number of nitrogens with one attached hydrogen (secondary N) is 2. The summed E-state index contributed by atoms with van der Waals surface area (Å²) in [5.74, 6) is -1.44. The number of piperidine rings is 1. The van der Waals surface area contributed by atoms with E-state index in [1.54, 1.807) is 22.7 Å². The molecule has 2 unspecified atom stereocenters. The van der Waals surface area contributed by atoms with Crippen LogP contribution in [0.1, 0.15) is 54.0 Å². The fraction of sp³-hybridized carbons (Fsp3) is 0.375. The van der Waals surface area contributed by atoms with E-state index in [4.69, 9.17) is 0 Å². The lowest BCUT2D eigenvalue weighted by Gasteiger charge is -2.39. The van der Waals surface area contributed by atoms with Crippen LogP contribution >= 0.6 is 15.9 Å². The lowest BCUT2D eigenvalue weighted by atomic mass is 9.98. The topological polar surface area (TPSA) is 78.7 Å². The molecule has 1 fully saturated rings. The second-order valence-corrected chi connectivity index (χ2v) is 9.40. The minimum absolute atomic E-state index is 0.0574.